The van der Waals surface area contributed by atoms with Gasteiger partial charge in [-0.2, -0.15) is 0 Å². The van der Waals surface area contributed by atoms with Crippen molar-refractivity contribution in [1.29, 1.82) is 0 Å². The summed E-state index contributed by atoms with van der Waals surface area (Å²) < 4.78 is 0. The van der Waals surface area contributed by atoms with Gasteiger partial charge >= 0.3 is 0 Å². The van der Waals surface area contributed by atoms with Crippen molar-refractivity contribution in [2.45, 2.75) is 45.3 Å². The molecule has 4 heteroatoms. The van der Waals surface area contributed by atoms with Gasteiger partial charge in [0, 0.05) is 16.4 Å². The highest BCUT2D eigenvalue weighted by Crippen LogP contribution is 2.65. The topological polar surface area (TPSA) is 77.8 Å². The second kappa shape index (κ2) is 3.37. The number of ketones is 1. The Balaban J connectivity index is 2.25. The quantitative estimate of drug-likeness (QED) is 0.652. The summed E-state index contributed by atoms with van der Waals surface area (Å²) in [6.07, 6.45) is 2.31. The van der Waals surface area contributed by atoms with E-state index >= 15 is 0 Å². The molecule has 1 spiro atoms. The predicted molar refractivity (Wildman–Crippen MR) is 69.3 cm³/mol. The zero-order chi connectivity index (χ0) is 14.2. The molecule has 0 amide bonds. The largest absolute Gasteiger partial charge is 0.395 e. The second-order valence-electron chi connectivity index (χ2n) is 6.65. The van der Waals surface area contributed by atoms with Crippen molar-refractivity contribution in [2.24, 2.45) is 10.8 Å². The maximum atomic E-state index is 12.5. The zero-order valence-corrected chi connectivity index (χ0v) is 11.5. The summed E-state index contributed by atoms with van der Waals surface area (Å²) in [6.45, 7) is 4.97. The lowest BCUT2D eigenvalue weighted by Gasteiger charge is -2.39. The van der Waals surface area contributed by atoms with Gasteiger partial charge in [-0.25, -0.2) is 0 Å². The number of rotatable bonds is 1. The SMILES string of the molecule is CC1=C2C(=C[C@@](C)(CO)[C@H]2O)C(=O)[C@](C)(O)C12CC2. The van der Waals surface area contributed by atoms with Crippen LogP contribution in [0.1, 0.15) is 33.6 Å². The van der Waals surface area contributed by atoms with Crippen LogP contribution < -0.4 is 0 Å². The van der Waals surface area contributed by atoms with E-state index in [4.69, 9.17) is 0 Å². The van der Waals surface area contributed by atoms with Gasteiger partial charge in [-0.05, 0) is 32.3 Å². The van der Waals surface area contributed by atoms with Crippen LogP contribution in [0.3, 0.4) is 0 Å². The molecule has 0 heterocycles. The number of aliphatic hydroxyl groups excluding tert-OH is 2. The Morgan fingerprint density at radius 3 is 2.42 bits per heavy atom. The molecule has 0 unspecified atom stereocenters. The number of aliphatic hydroxyl groups is 3. The third-order valence-corrected chi connectivity index (χ3v) is 5.49. The van der Waals surface area contributed by atoms with Gasteiger partial charge in [0.15, 0.2) is 5.78 Å². The number of hydrogen-bond donors (Lipinski definition) is 3. The Morgan fingerprint density at radius 2 is 1.95 bits per heavy atom. The molecule has 0 aromatic heterocycles. The smallest absolute Gasteiger partial charge is 0.195 e. The number of hydrogen-bond acceptors (Lipinski definition) is 4. The van der Waals surface area contributed by atoms with Gasteiger partial charge in [0.1, 0.15) is 5.60 Å². The van der Waals surface area contributed by atoms with Crippen LogP contribution in [0.4, 0.5) is 0 Å². The summed E-state index contributed by atoms with van der Waals surface area (Å²) in [6, 6.07) is 0. The van der Waals surface area contributed by atoms with Crippen LogP contribution in [-0.2, 0) is 4.79 Å². The van der Waals surface area contributed by atoms with Gasteiger partial charge in [-0.3, -0.25) is 4.79 Å². The van der Waals surface area contributed by atoms with E-state index in [0.29, 0.717) is 11.1 Å². The van der Waals surface area contributed by atoms with Gasteiger partial charge < -0.3 is 15.3 Å². The minimum atomic E-state index is -1.40. The summed E-state index contributed by atoms with van der Waals surface area (Å²) >= 11 is 0. The minimum Gasteiger partial charge on any atom is -0.395 e. The third-order valence-electron chi connectivity index (χ3n) is 5.49. The molecule has 3 N–H and O–H groups in total. The van der Waals surface area contributed by atoms with Crippen molar-refractivity contribution < 1.29 is 20.1 Å². The predicted octanol–water partition coefficient (Wildman–Crippen LogP) is 0.716. The molecule has 0 aromatic carbocycles. The molecule has 1 fully saturated rings. The molecule has 0 bridgehead atoms. The molecule has 0 radical (unpaired) electrons. The molecule has 104 valence electrons. The third kappa shape index (κ3) is 1.27. The van der Waals surface area contributed by atoms with E-state index in [1.165, 1.54) is 0 Å². The number of carbonyl (C=O) groups is 1. The van der Waals surface area contributed by atoms with Gasteiger partial charge in [0.05, 0.1) is 12.7 Å². The zero-order valence-electron chi connectivity index (χ0n) is 11.5. The lowest BCUT2D eigenvalue weighted by atomic mass is 9.67. The van der Waals surface area contributed by atoms with Crippen molar-refractivity contribution >= 4 is 5.78 Å². The second-order valence-corrected chi connectivity index (χ2v) is 6.65. The number of Topliss-reactive ketones (excluding diaryl/α,β-unsaturated/α-hetero) is 1. The van der Waals surface area contributed by atoms with E-state index in [9.17, 15) is 20.1 Å². The van der Waals surface area contributed by atoms with Crippen molar-refractivity contribution in [2.75, 3.05) is 6.61 Å². The molecule has 3 rings (SSSR count). The Morgan fingerprint density at radius 1 is 1.37 bits per heavy atom. The van der Waals surface area contributed by atoms with E-state index < -0.39 is 22.5 Å². The van der Waals surface area contributed by atoms with Crippen LogP contribution >= 0.6 is 0 Å². The van der Waals surface area contributed by atoms with Crippen LogP contribution in [0.15, 0.2) is 22.8 Å². The highest BCUT2D eigenvalue weighted by Gasteiger charge is 2.66. The van der Waals surface area contributed by atoms with Crippen molar-refractivity contribution in [3.05, 3.63) is 22.8 Å². The fourth-order valence-corrected chi connectivity index (χ4v) is 3.78. The molecule has 1 saturated carbocycles. The molecule has 19 heavy (non-hydrogen) atoms. The molecule has 0 aromatic rings. The summed E-state index contributed by atoms with van der Waals surface area (Å²) in [5.41, 5.74) is -0.800. The van der Waals surface area contributed by atoms with Crippen molar-refractivity contribution in [3.8, 4) is 0 Å². The standard InChI is InChI=1S/C15H20O4/c1-8-10-9(6-13(2,7-16)12(10)18)11(17)14(3,19)15(8)4-5-15/h6,12,16,18-19H,4-5,7H2,1-3H3/t12-,13-,14-/m0/s1. The molecule has 3 aliphatic carbocycles. The molecular formula is C15H20O4. The lowest BCUT2D eigenvalue weighted by molar-refractivity contribution is -0.138. The van der Waals surface area contributed by atoms with Crippen molar-refractivity contribution in [1.82, 2.24) is 0 Å². The molecule has 3 aliphatic rings. The van der Waals surface area contributed by atoms with Gasteiger partial charge in [0.2, 0.25) is 0 Å². The molecule has 4 nitrogen and oxygen atoms in total. The lowest BCUT2D eigenvalue weighted by Crippen LogP contribution is -2.50. The fourth-order valence-electron chi connectivity index (χ4n) is 3.78. The minimum absolute atomic E-state index is 0.225. The van der Waals surface area contributed by atoms with Crippen LogP contribution in [-0.4, -0.2) is 39.4 Å². The van der Waals surface area contributed by atoms with Gasteiger partial charge in [-0.1, -0.05) is 18.6 Å². The van der Waals surface area contributed by atoms with E-state index in [1.54, 1.807) is 19.9 Å². The average Bonchev–Trinajstić information content (AvgIpc) is 3.12. The van der Waals surface area contributed by atoms with Crippen LogP contribution in [0.25, 0.3) is 0 Å². The fraction of sp³-hybridized carbons (Fsp3) is 0.667. The summed E-state index contributed by atoms with van der Waals surface area (Å²) in [5, 5.41) is 30.6. The molecule has 3 atom stereocenters. The molecular weight excluding hydrogens is 244 g/mol. The first-order valence-electron chi connectivity index (χ1n) is 6.72. The average molecular weight is 264 g/mol. The normalized spacial score (nSPS) is 43.6. The van der Waals surface area contributed by atoms with Crippen LogP contribution in [0.2, 0.25) is 0 Å². The van der Waals surface area contributed by atoms with Crippen molar-refractivity contribution in [3.63, 3.8) is 0 Å². The monoisotopic (exact) mass is 264 g/mol. The number of carbonyl (C=O) groups excluding carboxylic acids is 1. The molecule has 0 aliphatic heterocycles. The van der Waals surface area contributed by atoms with E-state index in [2.05, 4.69) is 0 Å². The highest BCUT2D eigenvalue weighted by atomic mass is 16.3. The van der Waals surface area contributed by atoms with Crippen LogP contribution in [0.5, 0.6) is 0 Å². The maximum Gasteiger partial charge on any atom is 0.195 e. The Hall–Kier alpha value is -0.970. The Labute approximate surface area is 112 Å². The Kier molecular flexibility index (Phi) is 2.31. The van der Waals surface area contributed by atoms with E-state index in [-0.39, 0.29) is 12.4 Å². The summed E-state index contributed by atoms with van der Waals surface area (Å²) in [7, 11) is 0. The summed E-state index contributed by atoms with van der Waals surface area (Å²) in [4.78, 5) is 12.5. The maximum absolute atomic E-state index is 12.5. The van der Waals surface area contributed by atoms with E-state index in [1.807, 2.05) is 6.92 Å². The first kappa shape index (κ1) is 13.0. The van der Waals surface area contributed by atoms with Gasteiger partial charge in [0.25, 0.3) is 0 Å². The van der Waals surface area contributed by atoms with Crippen LogP contribution in [0, 0.1) is 10.8 Å². The molecule has 0 saturated heterocycles. The van der Waals surface area contributed by atoms with E-state index in [0.717, 1.165) is 18.4 Å². The highest BCUT2D eigenvalue weighted by molar-refractivity contribution is 6.09. The summed E-state index contributed by atoms with van der Waals surface area (Å²) in [5.74, 6) is -0.318. The number of fused-ring (bicyclic) bond motifs is 1. The first-order chi connectivity index (χ1) is 8.71. The Bertz CT molecular complexity index is 536. The first-order valence-corrected chi connectivity index (χ1v) is 6.72. The van der Waals surface area contributed by atoms with Gasteiger partial charge in [-0.15, -0.1) is 0 Å².